The molecule has 1 atom stereocenters. The van der Waals surface area contributed by atoms with Crippen LogP contribution >= 0.6 is 7.60 Å². The van der Waals surface area contributed by atoms with Gasteiger partial charge in [-0.2, -0.15) is 0 Å². The molecular weight excluding hydrogens is 187 g/mol. The fraction of sp³-hybridized carbons (Fsp3) is 1.00. The van der Waals surface area contributed by atoms with Crippen molar-refractivity contribution in [3.05, 3.63) is 0 Å². The molecule has 1 fully saturated rings. The van der Waals surface area contributed by atoms with Gasteiger partial charge in [0, 0.05) is 6.66 Å². The summed E-state index contributed by atoms with van der Waals surface area (Å²) in [6.07, 6.45) is 5.01. The summed E-state index contributed by atoms with van der Waals surface area (Å²) in [5, 5.41) is 0. The molecular formula is C9H19O3P. The molecule has 0 saturated heterocycles. The van der Waals surface area contributed by atoms with Crippen LogP contribution in [0.1, 0.15) is 32.6 Å². The third kappa shape index (κ3) is 4.26. The molecule has 0 radical (unpaired) electrons. The van der Waals surface area contributed by atoms with Gasteiger partial charge in [0.25, 0.3) is 0 Å². The van der Waals surface area contributed by atoms with Crippen LogP contribution in [0.5, 0.6) is 0 Å². The van der Waals surface area contributed by atoms with Gasteiger partial charge in [0.15, 0.2) is 0 Å². The van der Waals surface area contributed by atoms with Crippen molar-refractivity contribution in [2.75, 3.05) is 19.9 Å². The second kappa shape index (κ2) is 5.14. The summed E-state index contributed by atoms with van der Waals surface area (Å²) >= 11 is 0. The lowest BCUT2D eigenvalue weighted by molar-refractivity contribution is 0.189. The van der Waals surface area contributed by atoms with Gasteiger partial charge in [0.05, 0.1) is 13.2 Å². The van der Waals surface area contributed by atoms with Gasteiger partial charge in [-0.15, -0.1) is 0 Å². The van der Waals surface area contributed by atoms with Crippen LogP contribution in [0.25, 0.3) is 0 Å². The predicted octanol–water partition coefficient (Wildman–Crippen LogP) is 3.05. The van der Waals surface area contributed by atoms with Gasteiger partial charge in [-0.05, 0) is 25.7 Å². The minimum atomic E-state index is -2.74. The Balaban J connectivity index is 2.20. The highest BCUT2D eigenvalue weighted by atomic mass is 31.2. The van der Waals surface area contributed by atoms with E-state index < -0.39 is 7.60 Å². The van der Waals surface area contributed by atoms with E-state index in [2.05, 4.69) is 0 Å². The summed E-state index contributed by atoms with van der Waals surface area (Å²) in [4.78, 5) is 0. The van der Waals surface area contributed by atoms with Crippen molar-refractivity contribution in [1.82, 2.24) is 0 Å². The lowest BCUT2D eigenvalue weighted by Crippen LogP contribution is -2.05. The summed E-state index contributed by atoms with van der Waals surface area (Å²) in [7, 11) is -2.74. The van der Waals surface area contributed by atoms with Crippen LogP contribution in [0.2, 0.25) is 0 Å². The van der Waals surface area contributed by atoms with Crippen molar-refractivity contribution in [1.29, 1.82) is 0 Å². The third-order valence-electron chi connectivity index (χ3n) is 2.38. The summed E-state index contributed by atoms with van der Waals surface area (Å²) < 4.78 is 21.8. The van der Waals surface area contributed by atoms with Gasteiger partial charge in [0.2, 0.25) is 0 Å². The van der Waals surface area contributed by atoms with Crippen LogP contribution in [0.15, 0.2) is 0 Å². The molecule has 13 heavy (non-hydrogen) atoms. The van der Waals surface area contributed by atoms with Crippen LogP contribution < -0.4 is 0 Å². The number of rotatable bonds is 5. The van der Waals surface area contributed by atoms with Crippen molar-refractivity contribution in [3.63, 3.8) is 0 Å². The van der Waals surface area contributed by atoms with Gasteiger partial charge in [-0.25, -0.2) is 0 Å². The smallest absolute Gasteiger partial charge is 0.309 e. The van der Waals surface area contributed by atoms with E-state index >= 15 is 0 Å². The summed E-state index contributed by atoms with van der Waals surface area (Å²) in [6.45, 7) is 4.44. The van der Waals surface area contributed by atoms with Gasteiger partial charge in [0.1, 0.15) is 0 Å². The zero-order valence-corrected chi connectivity index (χ0v) is 9.39. The normalized spacial score (nSPS) is 23.2. The Morgan fingerprint density at radius 3 is 2.46 bits per heavy atom. The lowest BCUT2D eigenvalue weighted by atomic mass is 10.1. The van der Waals surface area contributed by atoms with Gasteiger partial charge >= 0.3 is 7.60 Å². The van der Waals surface area contributed by atoms with E-state index in [0.29, 0.717) is 19.1 Å². The van der Waals surface area contributed by atoms with Gasteiger partial charge in [-0.3, -0.25) is 4.57 Å². The second-order valence-corrected chi connectivity index (χ2v) is 5.69. The van der Waals surface area contributed by atoms with E-state index in [1.165, 1.54) is 25.7 Å². The van der Waals surface area contributed by atoms with Gasteiger partial charge in [-0.1, -0.05) is 12.8 Å². The first-order valence-electron chi connectivity index (χ1n) is 5.00. The molecule has 0 N–H and O–H groups in total. The maximum absolute atomic E-state index is 11.5. The summed E-state index contributed by atoms with van der Waals surface area (Å²) in [5.41, 5.74) is 0. The molecule has 3 nitrogen and oxygen atoms in total. The van der Waals surface area contributed by atoms with Crippen molar-refractivity contribution < 1.29 is 13.6 Å². The molecule has 4 heteroatoms. The average molecular weight is 206 g/mol. The number of hydrogen-bond acceptors (Lipinski definition) is 3. The molecule has 1 aliphatic carbocycles. The van der Waals surface area contributed by atoms with E-state index in [4.69, 9.17) is 9.05 Å². The van der Waals surface area contributed by atoms with Crippen LogP contribution in [0.3, 0.4) is 0 Å². The molecule has 0 heterocycles. The van der Waals surface area contributed by atoms with E-state index in [1.807, 2.05) is 6.92 Å². The highest BCUT2D eigenvalue weighted by molar-refractivity contribution is 7.52. The van der Waals surface area contributed by atoms with Crippen LogP contribution in [0.4, 0.5) is 0 Å². The van der Waals surface area contributed by atoms with E-state index in [1.54, 1.807) is 6.66 Å². The molecule has 0 aliphatic heterocycles. The fourth-order valence-corrected chi connectivity index (χ4v) is 2.71. The molecule has 78 valence electrons. The highest BCUT2D eigenvalue weighted by Gasteiger charge is 2.21. The highest BCUT2D eigenvalue weighted by Crippen LogP contribution is 2.44. The SMILES string of the molecule is CCOP(C)(=O)OCC1CCCC1. The Bertz CT molecular complexity index is 187. The van der Waals surface area contributed by atoms with Crippen LogP contribution in [0, 0.1) is 5.92 Å². The van der Waals surface area contributed by atoms with Crippen LogP contribution in [-0.2, 0) is 13.6 Å². The Morgan fingerprint density at radius 1 is 1.31 bits per heavy atom. The Labute approximate surface area is 80.3 Å². The second-order valence-electron chi connectivity index (χ2n) is 3.64. The largest absolute Gasteiger partial charge is 0.327 e. The first-order chi connectivity index (χ1) is 6.14. The topological polar surface area (TPSA) is 35.5 Å². The number of hydrogen-bond donors (Lipinski definition) is 0. The molecule has 1 saturated carbocycles. The van der Waals surface area contributed by atoms with E-state index in [0.717, 1.165) is 0 Å². The van der Waals surface area contributed by atoms with Crippen molar-refractivity contribution in [3.8, 4) is 0 Å². The van der Waals surface area contributed by atoms with Gasteiger partial charge < -0.3 is 9.05 Å². The minimum Gasteiger partial charge on any atom is -0.309 e. The molecule has 1 unspecified atom stereocenters. The predicted molar refractivity (Wildman–Crippen MR) is 53.1 cm³/mol. The molecule has 1 aliphatic rings. The minimum absolute atomic E-state index is 0.457. The standard InChI is InChI=1S/C9H19O3P/c1-3-11-13(2,10)12-8-9-6-4-5-7-9/h9H,3-8H2,1-2H3. The maximum atomic E-state index is 11.5. The van der Waals surface area contributed by atoms with Crippen molar-refractivity contribution in [2.45, 2.75) is 32.6 Å². The first-order valence-corrected chi connectivity index (χ1v) is 6.99. The zero-order chi connectivity index (χ0) is 9.73. The summed E-state index contributed by atoms with van der Waals surface area (Å²) in [5.74, 6) is 0.605. The Kier molecular flexibility index (Phi) is 4.43. The molecule has 1 rings (SSSR count). The zero-order valence-electron chi connectivity index (χ0n) is 8.49. The van der Waals surface area contributed by atoms with Crippen LogP contribution in [-0.4, -0.2) is 19.9 Å². The molecule has 0 bridgehead atoms. The van der Waals surface area contributed by atoms with Crippen molar-refractivity contribution >= 4 is 7.60 Å². The van der Waals surface area contributed by atoms with E-state index in [-0.39, 0.29) is 0 Å². The molecule has 0 aromatic rings. The first kappa shape index (κ1) is 11.2. The lowest BCUT2D eigenvalue weighted by Gasteiger charge is -2.15. The quantitative estimate of drug-likeness (QED) is 0.648. The Hall–Kier alpha value is 0.150. The fourth-order valence-electron chi connectivity index (χ4n) is 1.69. The molecule has 0 aromatic carbocycles. The Morgan fingerprint density at radius 2 is 1.92 bits per heavy atom. The monoisotopic (exact) mass is 206 g/mol. The summed E-state index contributed by atoms with van der Waals surface area (Å²) in [6, 6.07) is 0. The van der Waals surface area contributed by atoms with E-state index in [9.17, 15) is 4.57 Å². The maximum Gasteiger partial charge on any atom is 0.327 e. The third-order valence-corrected chi connectivity index (χ3v) is 3.73. The molecule has 0 spiro atoms. The molecule has 0 amide bonds. The molecule has 0 aromatic heterocycles. The average Bonchev–Trinajstić information content (AvgIpc) is 2.52. The van der Waals surface area contributed by atoms with Crippen molar-refractivity contribution in [2.24, 2.45) is 5.92 Å².